The van der Waals surface area contributed by atoms with Crippen molar-refractivity contribution in [2.75, 3.05) is 11.1 Å². The van der Waals surface area contributed by atoms with Crippen LogP contribution in [0.5, 0.6) is 0 Å². The molecule has 0 bridgehead atoms. The lowest BCUT2D eigenvalue weighted by atomic mass is 10.2. The van der Waals surface area contributed by atoms with Crippen molar-refractivity contribution in [2.24, 2.45) is 0 Å². The Hall–Kier alpha value is -1.97. The van der Waals surface area contributed by atoms with Crippen molar-refractivity contribution in [3.63, 3.8) is 0 Å². The molecule has 4 heteroatoms. The molecule has 2 aromatic heterocycles. The van der Waals surface area contributed by atoms with E-state index >= 15 is 0 Å². The van der Waals surface area contributed by atoms with Crippen molar-refractivity contribution in [3.8, 4) is 0 Å². The molecule has 78 valence electrons. The summed E-state index contributed by atoms with van der Waals surface area (Å²) in [5, 5.41) is 3.22. The molecule has 0 saturated heterocycles. The molecule has 2 rings (SSSR count). The number of pyridine rings is 1. The van der Waals surface area contributed by atoms with Crippen molar-refractivity contribution in [1.29, 1.82) is 0 Å². The summed E-state index contributed by atoms with van der Waals surface area (Å²) in [6.45, 7) is 2.71. The third-order valence-electron chi connectivity index (χ3n) is 2.27. The molecule has 2 heterocycles. The van der Waals surface area contributed by atoms with E-state index in [4.69, 9.17) is 5.73 Å². The zero-order chi connectivity index (χ0) is 10.7. The number of aryl methyl sites for hydroxylation is 1. The summed E-state index contributed by atoms with van der Waals surface area (Å²) in [6, 6.07) is 5.94. The molecule has 0 saturated carbocycles. The quantitative estimate of drug-likeness (QED) is 0.712. The van der Waals surface area contributed by atoms with Gasteiger partial charge in [0, 0.05) is 11.9 Å². The molecule has 0 aliphatic rings. The van der Waals surface area contributed by atoms with Crippen molar-refractivity contribution < 1.29 is 0 Å². The summed E-state index contributed by atoms with van der Waals surface area (Å²) < 4.78 is 0. The van der Waals surface area contributed by atoms with Crippen LogP contribution in [0.2, 0.25) is 0 Å². The van der Waals surface area contributed by atoms with Gasteiger partial charge in [0.15, 0.2) is 0 Å². The Morgan fingerprint density at radius 1 is 1.53 bits per heavy atom. The van der Waals surface area contributed by atoms with Gasteiger partial charge in [-0.1, -0.05) is 0 Å². The third kappa shape index (κ3) is 2.28. The lowest BCUT2D eigenvalue weighted by molar-refractivity contribution is 1.05. The summed E-state index contributed by atoms with van der Waals surface area (Å²) in [5.74, 6) is 0.844. The number of aromatic nitrogens is 2. The number of nitrogens with two attached hydrogens (primary N) is 1. The van der Waals surface area contributed by atoms with Gasteiger partial charge < -0.3 is 16.0 Å². The number of hydrogen-bond acceptors (Lipinski definition) is 3. The minimum Gasteiger partial charge on any atom is -0.397 e. The first-order chi connectivity index (χ1) is 7.25. The van der Waals surface area contributed by atoms with Gasteiger partial charge in [0.25, 0.3) is 0 Å². The number of nitrogens with one attached hydrogen (secondary N) is 2. The second-order valence-electron chi connectivity index (χ2n) is 3.48. The molecule has 0 aliphatic heterocycles. The van der Waals surface area contributed by atoms with Gasteiger partial charge >= 0.3 is 0 Å². The molecule has 0 aromatic carbocycles. The Bertz CT molecular complexity index is 434. The fourth-order valence-electron chi connectivity index (χ4n) is 1.33. The second kappa shape index (κ2) is 4.04. The van der Waals surface area contributed by atoms with E-state index in [1.165, 1.54) is 0 Å². The fourth-order valence-corrected chi connectivity index (χ4v) is 1.33. The summed E-state index contributed by atoms with van der Waals surface area (Å²) >= 11 is 0. The van der Waals surface area contributed by atoms with Crippen LogP contribution in [0.15, 0.2) is 30.6 Å². The smallest absolute Gasteiger partial charge is 0.126 e. The van der Waals surface area contributed by atoms with Gasteiger partial charge in [0.1, 0.15) is 5.82 Å². The molecule has 0 radical (unpaired) electrons. The molecule has 15 heavy (non-hydrogen) atoms. The highest BCUT2D eigenvalue weighted by Crippen LogP contribution is 2.13. The highest BCUT2D eigenvalue weighted by Gasteiger charge is 1.98. The van der Waals surface area contributed by atoms with Crippen molar-refractivity contribution in [1.82, 2.24) is 9.97 Å². The Morgan fingerprint density at radius 2 is 2.40 bits per heavy atom. The maximum Gasteiger partial charge on any atom is 0.126 e. The van der Waals surface area contributed by atoms with Crippen molar-refractivity contribution in [2.45, 2.75) is 13.5 Å². The molecule has 0 atom stereocenters. The Morgan fingerprint density at radius 3 is 3.07 bits per heavy atom. The Kier molecular flexibility index (Phi) is 2.58. The Balaban J connectivity index is 2.02. The maximum atomic E-state index is 5.68. The number of H-pyrrole nitrogens is 1. The number of nitrogens with zero attached hydrogens (tertiary/aromatic N) is 1. The molecule has 0 amide bonds. The molecule has 4 N–H and O–H groups in total. The number of aromatic amines is 1. The van der Waals surface area contributed by atoms with E-state index in [2.05, 4.69) is 15.3 Å². The summed E-state index contributed by atoms with van der Waals surface area (Å²) in [6.07, 6.45) is 3.57. The largest absolute Gasteiger partial charge is 0.397 e. The predicted octanol–water partition coefficient (Wildman–Crippen LogP) is 1.91. The summed E-state index contributed by atoms with van der Waals surface area (Å²) in [4.78, 5) is 7.31. The van der Waals surface area contributed by atoms with Crippen molar-refractivity contribution >= 4 is 11.5 Å². The van der Waals surface area contributed by atoms with Crippen LogP contribution < -0.4 is 11.1 Å². The molecule has 0 fully saturated rings. The topological polar surface area (TPSA) is 66.7 Å². The van der Waals surface area contributed by atoms with E-state index in [0.717, 1.165) is 29.3 Å². The van der Waals surface area contributed by atoms with E-state index in [0.29, 0.717) is 0 Å². The van der Waals surface area contributed by atoms with Gasteiger partial charge in [-0.3, -0.25) is 0 Å². The average molecular weight is 202 g/mol. The number of anilines is 2. The van der Waals surface area contributed by atoms with Crippen LogP contribution in [0.4, 0.5) is 11.5 Å². The molecule has 0 aliphatic carbocycles. The van der Waals surface area contributed by atoms with Gasteiger partial charge in [-0.15, -0.1) is 0 Å². The first kappa shape index (κ1) is 9.58. The average Bonchev–Trinajstić information content (AvgIpc) is 2.73. The number of rotatable bonds is 3. The standard InChI is InChI=1S/C11H14N4/c1-8-5-11(15-7-10(8)12)14-6-9-3-2-4-13-9/h2-5,7,13H,6,12H2,1H3,(H,14,15). The number of nitrogen functional groups attached to an aromatic ring is 1. The lowest BCUT2D eigenvalue weighted by Crippen LogP contribution is -2.02. The van der Waals surface area contributed by atoms with E-state index < -0.39 is 0 Å². The van der Waals surface area contributed by atoms with Crippen LogP contribution in [-0.4, -0.2) is 9.97 Å². The van der Waals surface area contributed by atoms with E-state index in [-0.39, 0.29) is 0 Å². The number of hydrogen-bond donors (Lipinski definition) is 3. The zero-order valence-corrected chi connectivity index (χ0v) is 8.62. The predicted molar refractivity (Wildman–Crippen MR) is 61.5 cm³/mol. The maximum absolute atomic E-state index is 5.68. The van der Waals surface area contributed by atoms with Crippen molar-refractivity contribution in [3.05, 3.63) is 41.9 Å². The van der Waals surface area contributed by atoms with Gasteiger partial charge in [-0.05, 0) is 30.7 Å². The van der Waals surface area contributed by atoms with E-state index in [1.807, 2.05) is 31.3 Å². The molecular formula is C11H14N4. The third-order valence-corrected chi connectivity index (χ3v) is 2.27. The van der Waals surface area contributed by atoms with Crippen LogP contribution in [0.25, 0.3) is 0 Å². The molecule has 0 spiro atoms. The van der Waals surface area contributed by atoms with Crippen LogP contribution in [0, 0.1) is 6.92 Å². The van der Waals surface area contributed by atoms with E-state index in [9.17, 15) is 0 Å². The van der Waals surface area contributed by atoms with Crippen LogP contribution in [-0.2, 0) is 6.54 Å². The molecule has 2 aromatic rings. The minimum absolute atomic E-state index is 0.723. The highest BCUT2D eigenvalue weighted by molar-refractivity contribution is 5.50. The fraction of sp³-hybridized carbons (Fsp3) is 0.182. The minimum atomic E-state index is 0.723. The zero-order valence-electron chi connectivity index (χ0n) is 8.62. The molecule has 0 unspecified atom stereocenters. The summed E-state index contributed by atoms with van der Waals surface area (Å²) in [7, 11) is 0. The van der Waals surface area contributed by atoms with Crippen LogP contribution >= 0.6 is 0 Å². The second-order valence-corrected chi connectivity index (χ2v) is 3.48. The summed E-state index contributed by atoms with van der Waals surface area (Å²) in [5.41, 5.74) is 8.58. The lowest BCUT2D eigenvalue weighted by Gasteiger charge is -2.06. The van der Waals surface area contributed by atoms with Gasteiger partial charge in [-0.2, -0.15) is 0 Å². The SMILES string of the molecule is Cc1cc(NCc2ccc[nH]2)ncc1N. The monoisotopic (exact) mass is 202 g/mol. The van der Waals surface area contributed by atoms with E-state index in [1.54, 1.807) is 6.20 Å². The van der Waals surface area contributed by atoms with Gasteiger partial charge in [-0.25, -0.2) is 4.98 Å². The first-order valence-corrected chi connectivity index (χ1v) is 4.84. The molecular weight excluding hydrogens is 188 g/mol. The van der Waals surface area contributed by atoms with Gasteiger partial charge in [0.05, 0.1) is 18.4 Å². The Labute approximate surface area is 88.5 Å². The van der Waals surface area contributed by atoms with Crippen LogP contribution in [0.3, 0.4) is 0 Å². The molecule has 4 nitrogen and oxygen atoms in total. The van der Waals surface area contributed by atoms with Gasteiger partial charge in [0.2, 0.25) is 0 Å². The first-order valence-electron chi connectivity index (χ1n) is 4.84. The highest BCUT2D eigenvalue weighted by atomic mass is 15.0. The normalized spacial score (nSPS) is 10.2. The van der Waals surface area contributed by atoms with Crippen LogP contribution in [0.1, 0.15) is 11.3 Å².